The number of phosphoric ester groups is 2. The number of nitrogens with zero attached hydrogens (tertiary/aromatic N) is 6. The maximum Gasteiger partial charge on any atom is 0.475 e. The standard InChI is InChI=1S/C48H72N10O12P2S2/c1-24(2)8-7-9-25(3)29-12-13-30-28-11-10-26-18-27(14-16-47(26,4)31(28)15-17-48(29,30)5)69-71(61,62)65-21-34-39(38(60)44(68-34)58-23-52-37-41(58)54-46(50)56-43(37)74)70-72(63,64-6)66-20-33-32(59)19-35(67-33)57-22-51-36-40(57)53-45(49)55-42(36)73/h10,22-25,27-35,38-39,44,59-60H,7-9,11-21H2,1-6H3,(H,61,62)(H3,49,53,55,73)(H3,50,54,56,74)/t25-,27+,28?,29-,30+,31?,32?,33-,34-,35-,38?,39?,44-,47+,48-,72?/m1/s1. The minimum Gasteiger partial charge on any atom is -0.390 e. The minimum atomic E-state index is -4.80. The number of nitrogen functional groups attached to an aromatic ring is 2. The zero-order chi connectivity index (χ0) is 52.6. The highest BCUT2D eigenvalue weighted by atomic mass is 32.1. The van der Waals surface area contributed by atoms with Gasteiger partial charge in [0.2, 0.25) is 11.9 Å². The molecule has 0 spiro atoms. The summed E-state index contributed by atoms with van der Waals surface area (Å²) >= 11 is 10.7. The summed E-state index contributed by atoms with van der Waals surface area (Å²) in [7, 11) is -8.37. The molecule has 2 saturated heterocycles. The molecular weight excluding hydrogens is 1030 g/mol. The normalized spacial score (nSPS) is 36.1. The Bertz CT molecular complexity index is 2970. The molecule has 6 heterocycles. The summed E-state index contributed by atoms with van der Waals surface area (Å²) in [6.45, 7) is 11.0. The predicted molar refractivity (Wildman–Crippen MR) is 278 cm³/mol. The van der Waals surface area contributed by atoms with E-state index < -0.39 is 77.9 Å². The van der Waals surface area contributed by atoms with E-state index in [4.69, 9.17) is 68.0 Å². The quantitative estimate of drug-likeness (QED) is 0.0278. The molecule has 4 aliphatic carbocycles. The fourth-order valence-electron chi connectivity index (χ4n) is 14.1. The maximum atomic E-state index is 14.3. The van der Waals surface area contributed by atoms with Crippen molar-refractivity contribution in [3.05, 3.63) is 33.6 Å². The molecule has 2 aliphatic heterocycles. The lowest BCUT2D eigenvalue weighted by Gasteiger charge is -2.58. The van der Waals surface area contributed by atoms with Gasteiger partial charge in [-0.25, -0.2) is 19.1 Å². The number of hydrogen-bond donors (Lipinski definition) is 7. The molecule has 0 aromatic carbocycles. The lowest BCUT2D eigenvalue weighted by molar-refractivity contribution is -0.0627. The number of aromatic amines is 2. The number of allylic oxidation sites excluding steroid dienone is 1. The molecule has 10 rings (SSSR count). The molecule has 0 amide bonds. The number of imidazole rings is 2. The van der Waals surface area contributed by atoms with Crippen LogP contribution in [0.2, 0.25) is 0 Å². The van der Waals surface area contributed by atoms with Crippen LogP contribution in [0.15, 0.2) is 24.3 Å². The van der Waals surface area contributed by atoms with Crippen molar-refractivity contribution in [1.82, 2.24) is 39.0 Å². The lowest BCUT2D eigenvalue weighted by atomic mass is 9.47. The van der Waals surface area contributed by atoms with Crippen molar-refractivity contribution >= 4 is 74.3 Å². The van der Waals surface area contributed by atoms with Gasteiger partial charge in [0, 0.05) is 13.5 Å². The van der Waals surface area contributed by atoms with Crippen molar-refractivity contribution in [2.45, 2.75) is 161 Å². The number of phosphoric acid groups is 2. The van der Waals surface area contributed by atoms with E-state index in [0.29, 0.717) is 47.2 Å². The molecule has 0 bridgehead atoms. The zero-order valence-electron chi connectivity index (χ0n) is 42.8. The summed E-state index contributed by atoms with van der Waals surface area (Å²) in [5.74, 6) is 4.17. The Labute approximate surface area is 440 Å². The van der Waals surface area contributed by atoms with E-state index in [-0.39, 0.29) is 44.2 Å². The van der Waals surface area contributed by atoms with Crippen LogP contribution in [0.5, 0.6) is 0 Å². The fourth-order valence-corrected chi connectivity index (χ4v) is 16.7. The highest BCUT2D eigenvalue weighted by Crippen LogP contribution is 2.68. The summed E-state index contributed by atoms with van der Waals surface area (Å²) in [6.07, 6.45) is 7.66. The Hall–Kier alpha value is -3.06. The second kappa shape index (κ2) is 21.0. The molecule has 22 nitrogen and oxygen atoms in total. The van der Waals surface area contributed by atoms with E-state index in [9.17, 15) is 24.2 Å². The van der Waals surface area contributed by atoms with Gasteiger partial charge in [0.1, 0.15) is 51.0 Å². The molecule has 9 N–H and O–H groups in total. The molecule has 5 fully saturated rings. The second-order valence-corrected chi connectivity index (χ2v) is 26.5. The van der Waals surface area contributed by atoms with E-state index in [1.807, 2.05) is 0 Å². The van der Waals surface area contributed by atoms with Crippen LogP contribution >= 0.6 is 40.1 Å². The number of aliphatic hydroxyl groups excluding tert-OH is 2. The van der Waals surface area contributed by atoms with Gasteiger partial charge in [0.25, 0.3) is 0 Å². The van der Waals surface area contributed by atoms with Gasteiger partial charge < -0.3 is 46.0 Å². The summed E-state index contributed by atoms with van der Waals surface area (Å²) in [5.41, 5.74) is 14.6. The number of fused-ring (bicyclic) bond motifs is 7. The van der Waals surface area contributed by atoms with Crippen molar-refractivity contribution in [3.8, 4) is 0 Å². The molecule has 4 aromatic heterocycles. The van der Waals surface area contributed by atoms with Crippen LogP contribution in [0.1, 0.15) is 124 Å². The first-order valence-electron chi connectivity index (χ1n) is 26.1. The van der Waals surface area contributed by atoms with Crippen molar-refractivity contribution in [2.24, 2.45) is 46.3 Å². The van der Waals surface area contributed by atoms with Crippen LogP contribution in [-0.4, -0.2) is 111 Å². The maximum absolute atomic E-state index is 14.3. The summed E-state index contributed by atoms with van der Waals surface area (Å²) in [5, 5.41) is 23.0. The highest BCUT2D eigenvalue weighted by Gasteiger charge is 2.60. The van der Waals surface area contributed by atoms with Gasteiger partial charge in [-0.3, -0.25) is 31.8 Å². The van der Waals surface area contributed by atoms with Gasteiger partial charge >= 0.3 is 15.6 Å². The molecule has 74 heavy (non-hydrogen) atoms. The first-order valence-corrected chi connectivity index (χ1v) is 29.8. The third-order valence-electron chi connectivity index (χ3n) is 17.8. The summed E-state index contributed by atoms with van der Waals surface area (Å²) in [6, 6.07) is 0. The average molecular weight is 1110 g/mol. The van der Waals surface area contributed by atoms with Crippen LogP contribution in [0.25, 0.3) is 22.3 Å². The van der Waals surface area contributed by atoms with E-state index in [1.54, 1.807) is 4.57 Å². The van der Waals surface area contributed by atoms with E-state index in [1.165, 1.54) is 67.7 Å². The number of nitrogens with one attached hydrogen (secondary N) is 2. The molecule has 7 unspecified atom stereocenters. The molecule has 17 atom stereocenters. The number of aromatic nitrogens is 8. The van der Waals surface area contributed by atoms with E-state index in [0.717, 1.165) is 37.7 Å². The topological polar surface area (TPSA) is 304 Å². The van der Waals surface area contributed by atoms with Gasteiger partial charge in [-0.1, -0.05) is 90.0 Å². The van der Waals surface area contributed by atoms with Crippen LogP contribution in [0.4, 0.5) is 11.9 Å². The Kier molecular flexibility index (Phi) is 15.4. The van der Waals surface area contributed by atoms with Crippen molar-refractivity contribution < 1.29 is 56.3 Å². The molecule has 3 saturated carbocycles. The third kappa shape index (κ3) is 10.3. The Morgan fingerprint density at radius 2 is 1.55 bits per heavy atom. The van der Waals surface area contributed by atoms with Gasteiger partial charge in [0.05, 0.1) is 38.1 Å². The Morgan fingerprint density at radius 1 is 0.878 bits per heavy atom. The number of H-pyrrole nitrogens is 2. The first-order chi connectivity index (χ1) is 35.1. The monoisotopic (exact) mass is 1110 g/mol. The van der Waals surface area contributed by atoms with E-state index >= 15 is 0 Å². The molecule has 0 radical (unpaired) electrons. The van der Waals surface area contributed by atoms with Gasteiger partial charge in [-0.15, -0.1) is 0 Å². The number of hydrogen-bond acceptors (Lipinski definition) is 19. The van der Waals surface area contributed by atoms with Crippen molar-refractivity contribution in [1.29, 1.82) is 0 Å². The zero-order valence-corrected chi connectivity index (χ0v) is 46.2. The van der Waals surface area contributed by atoms with Crippen LogP contribution in [-0.2, 0) is 41.2 Å². The number of ether oxygens (including phenoxy) is 2. The Morgan fingerprint density at radius 3 is 2.24 bits per heavy atom. The minimum absolute atomic E-state index is 0.0169. The molecule has 4 aromatic rings. The van der Waals surface area contributed by atoms with Crippen LogP contribution < -0.4 is 11.5 Å². The van der Waals surface area contributed by atoms with Crippen molar-refractivity contribution in [3.63, 3.8) is 0 Å². The molecule has 26 heteroatoms. The Balaban J connectivity index is 0.809. The van der Waals surface area contributed by atoms with Gasteiger partial charge in [-0.2, -0.15) is 9.97 Å². The number of anilines is 2. The lowest BCUT2D eigenvalue weighted by Crippen LogP contribution is -2.51. The SMILES string of the molecule is COP(=O)(OC[C@H]1O[C@@H](n2cnc3c(=S)[nH]c(N)nc32)CC1O)OC1C(O)[C@H](n2cnc3c(=S)[nH]c(N)nc32)O[C@@H]1COP(=O)(O)O[C@H]1CC[C@@]2(C)C(=CCC3C2CC[C@]2(C)[C@@H]([C@H](C)CCCC(C)C)CC[C@@H]32)C1. The third-order valence-corrected chi connectivity index (χ3v) is 20.9. The second-order valence-electron chi connectivity index (χ2n) is 22.6. The largest absolute Gasteiger partial charge is 0.475 e. The highest BCUT2D eigenvalue weighted by molar-refractivity contribution is 7.71. The molecule has 408 valence electrons. The summed E-state index contributed by atoms with van der Waals surface area (Å²) in [4.78, 5) is 34.1. The average Bonchev–Trinajstić information content (AvgIpc) is 4.19. The number of aliphatic hydroxyl groups is 2. The summed E-state index contributed by atoms with van der Waals surface area (Å²) < 4.78 is 72.7. The van der Waals surface area contributed by atoms with Gasteiger partial charge in [-0.05, 0) is 97.7 Å². The van der Waals surface area contributed by atoms with Crippen LogP contribution in [0, 0.1) is 55.6 Å². The smallest absolute Gasteiger partial charge is 0.390 e. The van der Waals surface area contributed by atoms with Crippen LogP contribution in [0.3, 0.4) is 0 Å². The predicted octanol–water partition coefficient (Wildman–Crippen LogP) is 8.76. The van der Waals surface area contributed by atoms with Crippen molar-refractivity contribution in [2.75, 3.05) is 31.8 Å². The fraction of sp³-hybridized carbons (Fsp3) is 0.750. The first kappa shape index (κ1) is 54.3. The van der Waals surface area contributed by atoms with Gasteiger partial charge in [0.15, 0.2) is 17.5 Å². The number of nitrogens with two attached hydrogens (primary N) is 2. The van der Waals surface area contributed by atoms with E-state index in [2.05, 4.69) is 70.6 Å². The molecule has 6 aliphatic rings. The molecular formula is C48H72N10O12P2S2. The number of rotatable bonds is 18.